The smallest absolute Gasteiger partial charge is 0.123 e. The van der Waals surface area contributed by atoms with E-state index >= 15 is 0 Å². The first-order valence-corrected chi connectivity index (χ1v) is 7.00. The number of hydrogen-bond acceptors (Lipinski definition) is 3. The maximum Gasteiger partial charge on any atom is 0.123 e. The molecule has 0 saturated heterocycles. The van der Waals surface area contributed by atoms with Crippen molar-refractivity contribution in [2.24, 2.45) is 0 Å². The van der Waals surface area contributed by atoms with Crippen LogP contribution < -0.4 is 5.73 Å². The third-order valence-corrected chi connectivity index (χ3v) is 4.02. The highest BCUT2D eigenvalue weighted by Gasteiger charge is 2.16. The van der Waals surface area contributed by atoms with Crippen LogP contribution in [0.4, 0.5) is 5.69 Å². The summed E-state index contributed by atoms with van der Waals surface area (Å²) in [6, 6.07) is 12.5. The largest absolute Gasteiger partial charge is 0.397 e. The first-order chi connectivity index (χ1) is 9.02. The molecule has 0 aliphatic carbocycles. The van der Waals surface area contributed by atoms with Gasteiger partial charge in [-0.15, -0.1) is 0 Å². The molecule has 0 atom stereocenters. The maximum absolute atomic E-state index is 9.17. The van der Waals surface area contributed by atoms with Crippen LogP contribution in [0.25, 0.3) is 0 Å². The van der Waals surface area contributed by atoms with Crippen LogP contribution in [0.5, 0.6) is 0 Å². The van der Waals surface area contributed by atoms with Crippen molar-refractivity contribution in [1.29, 1.82) is 5.26 Å². The van der Waals surface area contributed by atoms with Gasteiger partial charge < -0.3 is 10.3 Å². The van der Waals surface area contributed by atoms with Crippen molar-refractivity contribution >= 4 is 17.4 Å². The van der Waals surface area contributed by atoms with Crippen molar-refractivity contribution in [1.82, 2.24) is 4.57 Å². The average molecular weight is 271 g/mol. The highest BCUT2D eigenvalue weighted by molar-refractivity contribution is 7.99. The molecule has 4 heteroatoms. The Morgan fingerprint density at radius 3 is 2.42 bits per heavy atom. The van der Waals surface area contributed by atoms with E-state index in [0.717, 1.165) is 9.92 Å². The van der Waals surface area contributed by atoms with Crippen LogP contribution >= 0.6 is 11.8 Å². The molecule has 19 heavy (non-hydrogen) atoms. The van der Waals surface area contributed by atoms with Crippen LogP contribution in [0.15, 0.2) is 40.3 Å². The van der Waals surface area contributed by atoms with E-state index in [1.165, 1.54) is 5.56 Å². The van der Waals surface area contributed by atoms with Crippen molar-refractivity contribution in [3.8, 4) is 6.07 Å². The summed E-state index contributed by atoms with van der Waals surface area (Å²) in [6.07, 6.45) is 0. The van der Waals surface area contributed by atoms with E-state index in [1.54, 1.807) is 17.8 Å². The summed E-state index contributed by atoms with van der Waals surface area (Å²) >= 11 is 1.60. The van der Waals surface area contributed by atoms with Crippen LogP contribution in [0.3, 0.4) is 0 Å². The van der Waals surface area contributed by atoms with Gasteiger partial charge in [-0.05, 0) is 39.0 Å². The van der Waals surface area contributed by atoms with Gasteiger partial charge in [0.2, 0.25) is 0 Å². The van der Waals surface area contributed by atoms with Crippen molar-refractivity contribution in [2.45, 2.75) is 36.7 Å². The van der Waals surface area contributed by atoms with E-state index in [0.29, 0.717) is 11.4 Å². The van der Waals surface area contributed by atoms with Gasteiger partial charge in [0.25, 0.3) is 0 Å². The molecule has 2 rings (SSSR count). The summed E-state index contributed by atoms with van der Waals surface area (Å²) in [5.74, 6) is 0. The molecule has 1 aromatic carbocycles. The first-order valence-electron chi connectivity index (χ1n) is 6.18. The fraction of sp³-hybridized carbons (Fsp3) is 0.267. The molecule has 98 valence electrons. The zero-order valence-corrected chi connectivity index (χ0v) is 12.2. The number of nitrogens with zero attached hydrogens (tertiary/aromatic N) is 2. The quantitative estimate of drug-likeness (QED) is 0.918. The lowest BCUT2D eigenvalue weighted by molar-refractivity contribution is 0.557. The van der Waals surface area contributed by atoms with Gasteiger partial charge in [0, 0.05) is 10.9 Å². The predicted molar refractivity (Wildman–Crippen MR) is 79.2 cm³/mol. The number of aryl methyl sites for hydroxylation is 1. The van der Waals surface area contributed by atoms with Crippen molar-refractivity contribution < 1.29 is 0 Å². The molecule has 0 unspecified atom stereocenters. The monoisotopic (exact) mass is 271 g/mol. The Labute approximate surface area is 118 Å². The molecule has 0 saturated carbocycles. The van der Waals surface area contributed by atoms with Crippen molar-refractivity contribution in [3.63, 3.8) is 0 Å². The highest BCUT2D eigenvalue weighted by atomic mass is 32.2. The summed E-state index contributed by atoms with van der Waals surface area (Å²) in [5, 5.41) is 10.1. The maximum atomic E-state index is 9.17. The minimum absolute atomic E-state index is 0.208. The molecule has 2 N–H and O–H groups in total. The summed E-state index contributed by atoms with van der Waals surface area (Å²) in [5.41, 5.74) is 8.55. The summed E-state index contributed by atoms with van der Waals surface area (Å²) in [7, 11) is 0. The molecular weight excluding hydrogens is 254 g/mol. The van der Waals surface area contributed by atoms with Crippen molar-refractivity contribution in [2.75, 3.05) is 5.73 Å². The Hall–Kier alpha value is -1.86. The van der Waals surface area contributed by atoms with Crippen LogP contribution in [0, 0.1) is 18.3 Å². The third kappa shape index (κ3) is 2.77. The Kier molecular flexibility index (Phi) is 3.87. The van der Waals surface area contributed by atoms with Crippen LogP contribution in [-0.2, 0) is 0 Å². The molecular formula is C15H17N3S. The second kappa shape index (κ2) is 5.41. The number of aromatic nitrogens is 1. The Bertz CT molecular complexity index is 618. The number of benzene rings is 1. The zero-order chi connectivity index (χ0) is 14.0. The van der Waals surface area contributed by atoms with Crippen LogP contribution in [0.2, 0.25) is 0 Å². The van der Waals surface area contributed by atoms with E-state index in [-0.39, 0.29) is 6.04 Å². The Morgan fingerprint density at radius 1 is 1.26 bits per heavy atom. The first kappa shape index (κ1) is 13.6. The predicted octanol–water partition coefficient (Wildman–Crippen LogP) is 3.98. The second-order valence-electron chi connectivity index (χ2n) is 4.78. The van der Waals surface area contributed by atoms with Gasteiger partial charge in [-0.3, -0.25) is 0 Å². The van der Waals surface area contributed by atoms with E-state index in [4.69, 9.17) is 5.73 Å². The molecule has 0 fully saturated rings. The number of nitrogen functional groups attached to an aromatic ring is 1. The lowest BCUT2D eigenvalue weighted by Crippen LogP contribution is -2.05. The Balaban J connectivity index is 2.42. The number of anilines is 1. The fourth-order valence-electron chi connectivity index (χ4n) is 1.95. The van der Waals surface area contributed by atoms with Crippen LogP contribution in [-0.4, -0.2) is 4.57 Å². The normalized spacial score (nSPS) is 10.7. The van der Waals surface area contributed by atoms with Crippen LogP contribution in [0.1, 0.15) is 31.1 Å². The molecule has 3 nitrogen and oxygen atoms in total. The Morgan fingerprint density at radius 2 is 1.89 bits per heavy atom. The molecule has 0 radical (unpaired) electrons. The van der Waals surface area contributed by atoms with Gasteiger partial charge in [-0.2, -0.15) is 5.26 Å². The fourth-order valence-corrected chi connectivity index (χ4v) is 3.03. The number of nitrogens with two attached hydrogens (primary N) is 1. The number of hydrogen-bond donors (Lipinski definition) is 1. The van der Waals surface area contributed by atoms with Crippen molar-refractivity contribution in [3.05, 3.63) is 41.6 Å². The van der Waals surface area contributed by atoms with Gasteiger partial charge >= 0.3 is 0 Å². The van der Waals surface area contributed by atoms with E-state index in [9.17, 15) is 5.26 Å². The number of rotatable bonds is 3. The standard InChI is InChI=1S/C15H17N3S/c1-10(2)18-12(9-16)8-14(17)15(18)19-13-6-4-11(3)5-7-13/h4-8,10H,17H2,1-3H3. The molecule has 0 aliphatic heterocycles. The summed E-state index contributed by atoms with van der Waals surface area (Å²) in [4.78, 5) is 1.13. The SMILES string of the molecule is Cc1ccc(Sc2c(N)cc(C#N)n2C(C)C)cc1. The topological polar surface area (TPSA) is 54.7 Å². The molecule has 1 heterocycles. The minimum atomic E-state index is 0.208. The average Bonchev–Trinajstić information content (AvgIpc) is 2.69. The van der Waals surface area contributed by atoms with E-state index in [2.05, 4.69) is 51.1 Å². The molecule has 1 aromatic heterocycles. The van der Waals surface area contributed by atoms with Gasteiger partial charge in [0.1, 0.15) is 16.8 Å². The third-order valence-electron chi connectivity index (χ3n) is 2.88. The van der Waals surface area contributed by atoms with Gasteiger partial charge in [0.15, 0.2) is 0 Å². The van der Waals surface area contributed by atoms with Gasteiger partial charge in [-0.25, -0.2) is 0 Å². The lowest BCUT2D eigenvalue weighted by atomic mass is 10.2. The molecule has 0 amide bonds. The van der Waals surface area contributed by atoms with Gasteiger partial charge in [0.05, 0.1) is 5.69 Å². The molecule has 0 aliphatic rings. The summed E-state index contributed by atoms with van der Waals surface area (Å²) < 4.78 is 1.99. The molecule has 0 bridgehead atoms. The second-order valence-corrected chi connectivity index (χ2v) is 5.84. The van der Waals surface area contributed by atoms with Gasteiger partial charge in [-0.1, -0.05) is 29.5 Å². The highest BCUT2D eigenvalue weighted by Crippen LogP contribution is 2.36. The summed E-state index contributed by atoms with van der Waals surface area (Å²) in [6.45, 7) is 6.17. The minimum Gasteiger partial charge on any atom is -0.397 e. The van der Waals surface area contributed by atoms with E-state index in [1.807, 2.05) is 4.57 Å². The molecule has 2 aromatic rings. The zero-order valence-electron chi connectivity index (χ0n) is 11.3. The lowest BCUT2D eigenvalue weighted by Gasteiger charge is -2.14. The van der Waals surface area contributed by atoms with E-state index < -0.39 is 0 Å². The number of nitriles is 1. The molecule has 0 spiro atoms.